The predicted molar refractivity (Wildman–Crippen MR) is 124 cm³/mol. The van der Waals surface area contributed by atoms with Gasteiger partial charge in [-0.3, -0.25) is 0 Å². The molecule has 0 heterocycles. The van der Waals surface area contributed by atoms with Crippen LogP contribution in [0.3, 0.4) is 0 Å². The molecule has 9 heteroatoms. The van der Waals surface area contributed by atoms with Gasteiger partial charge in [-0.2, -0.15) is 0 Å². The second-order valence-electron chi connectivity index (χ2n) is 7.01. The smallest absolute Gasteiger partial charge is 0.353 e. The van der Waals surface area contributed by atoms with E-state index in [-0.39, 0.29) is 26.4 Å². The minimum atomic E-state index is -2.96. The lowest BCUT2D eigenvalue weighted by Gasteiger charge is -2.30. The number of esters is 3. The number of hydrogen-bond acceptors (Lipinski definition) is 8. The lowest BCUT2D eigenvalue weighted by Crippen LogP contribution is -2.61. The minimum absolute atomic E-state index is 0.0193. The van der Waals surface area contributed by atoms with Crippen LogP contribution in [-0.2, 0) is 33.3 Å². The summed E-state index contributed by atoms with van der Waals surface area (Å²) in [6, 6.07) is 7.51. The van der Waals surface area contributed by atoms with Gasteiger partial charge in [0.2, 0.25) is 6.10 Å². The summed E-state index contributed by atoms with van der Waals surface area (Å²) in [5.74, 6) is -3.70. The van der Waals surface area contributed by atoms with Crippen molar-refractivity contribution in [3.63, 3.8) is 0 Å². The minimum Gasteiger partial charge on any atom is -0.464 e. The van der Waals surface area contributed by atoms with Crippen molar-refractivity contribution >= 4 is 35.6 Å². The Labute approximate surface area is 199 Å². The number of unbranched alkanes of at least 4 members (excludes halogenated alkanes) is 3. The van der Waals surface area contributed by atoms with E-state index in [4.69, 9.17) is 30.5 Å². The molecule has 1 aromatic rings. The zero-order valence-corrected chi connectivity index (χ0v) is 20.1. The molecule has 0 aliphatic heterocycles. The highest BCUT2D eigenvalue weighted by Crippen LogP contribution is 2.22. The Balaban J connectivity index is 2.67. The molecule has 0 saturated heterocycles. The fourth-order valence-corrected chi connectivity index (χ4v) is 3.02. The quantitative estimate of drug-likeness (QED) is 0.174. The summed E-state index contributed by atoms with van der Waals surface area (Å²) in [6.45, 7) is 4.33. The van der Waals surface area contributed by atoms with Gasteiger partial charge >= 0.3 is 17.9 Å². The lowest BCUT2D eigenvalue weighted by atomic mass is 9.96. The molecule has 0 aromatic heterocycles. The van der Waals surface area contributed by atoms with E-state index in [2.05, 4.69) is 0 Å². The highest BCUT2D eigenvalue weighted by Gasteiger charge is 2.58. The molecule has 1 atom stereocenters. The van der Waals surface area contributed by atoms with E-state index in [0.29, 0.717) is 11.4 Å². The number of carbonyl (C=O) groups excluding carboxylic acids is 3. The fourth-order valence-electron chi connectivity index (χ4n) is 2.89. The molecule has 1 aromatic carbocycles. The van der Waals surface area contributed by atoms with Crippen LogP contribution in [0.5, 0.6) is 0 Å². The number of carbonyl (C=O) groups is 3. The zero-order valence-electron chi connectivity index (χ0n) is 19.4. The van der Waals surface area contributed by atoms with Gasteiger partial charge in [-0.05, 0) is 57.7 Å². The molecule has 0 spiro atoms. The number of halogens is 1. The molecule has 0 saturated carbocycles. The standard InChI is InChI=1S/C24H33ClO8/c1-4-30-21(26)20(24(29,22(27)31-5-2)23(28)32-6-3)33-17-11-9-7-8-10-12-18-13-15-19(25)16-14-18/h10,12-16,20,29H,4-9,11,17H2,1-3H3. The normalized spacial score (nSPS) is 12.4. The first-order chi connectivity index (χ1) is 15.8. The topological polar surface area (TPSA) is 108 Å². The second-order valence-corrected chi connectivity index (χ2v) is 7.45. The average molecular weight is 485 g/mol. The molecule has 1 N–H and O–H groups in total. The van der Waals surface area contributed by atoms with Crippen LogP contribution in [0, 0.1) is 0 Å². The molecular weight excluding hydrogens is 452 g/mol. The summed E-state index contributed by atoms with van der Waals surface area (Å²) in [6.07, 6.45) is 5.13. The molecular formula is C24H33ClO8. The van der Waals surface area contributed by atoms with E-state index in [1.807, 2.05) is 36.4 Å². The van der Waals surface area contributed by atoms with Gasteiger partial charge in [0.15, 0.2) is 0 Å². The number of aliphatic hydroxyl groups is 1. The molecule has 1 rings (SSSR count). The van der Waals surface area contributed by atoms with Crippen molar-refractivity contribution in [3.05, 3.63) is 40.9 Å². The third kappa shape index (κ3) is 9.15. The van der Waals surface area contributed by atoms with Crippen LogP contribution in [0.2, 0.25) is 5.02 Å². The van der Waals surface area contributed by atoms with Crippen molar-refractivity contribution in [1.29, 1.82) is 0 Å². The molecule has 0 aliphatic carbocycles. The van der Waals surface area contributed by atoms with E-state index in [9.17, 15) is 19.5 Å². The monoisotopic (exact) mass is 484 g/mol. The van der Waals surface area contributed by atoms with Crippen LogP contribution in [0.25, 0.3) is 6.08 Å². The van der Waals surface area contributed by atoms with Gasteiger partial charge in [-0.25, -0.2) is 14.4 Å². The van der Waals surface area contributed by atoms with Crippen LogP contribution in [0.4, 0.5) is 0 Å². The van der Waals surface area contributed by atoms with E-state index in [1.54, 1.807) is 6.92 Å². The van der Waals surface area contributed by atoms with E-state index in [1.165, 1.54) is 13.8 Å². The van der Waals surface area contributed by atoms with Crippen molar-refractivity contribution in [3.8, 4) is 0 Å². The maximum Gasteiger partial charge on any atom is 0.353 e. The Kier molecular flexibility index (Phi) is 13.4. The van der Waals surface area contributed by atoms with E-state index < -0.39 is 29.6 Å². The fraction of sp³-hybridized carbons (Fsp3) is 0.542. The molecule has 1 unspecified atom stereocenters. The molecule has 33 heavy (non-hydrogen) atoms. The molecule has 0 radical (unpaired) electrons. The first-order valence-corrected chi connectivity index (χ1v) is 11.5. The first kappa shape index (κ1) is 28.6. The maximum absolute atomic E-state index is 12.4. The van der Waals surface area contributed by atoms with Crippen molar-refractivity contribution < 1.29 is 38.4 Å². The van der Waals surface area contributed by atoms with Crippen molar-refractivity contribution in [2.24, 2.45) is 0 Å². The van der Waals surface area contributed by atoms with Crippen LogP contribution < -0.4 is 0 Å². The Morgan fingerprint density at radius 2 is 1.52 bits per heavy atom. The summed E-state index contributed by atoms with van der Waals surface area (Å²) in [4.78, 5) is 37.2. The number of rotatable bonds is 15. The van der Waals surface area contributed by atoms with E-state index >= 15 is 0 Å². The highest BCUT2D eigenvalue weighted by molar-refractivity contribution is 6.30. The maximum atomic E-state index is 12.4. The number of ether oxygens (including phenoxy) is 4. The van der Waals surface area contributed by atoms with Gasteiger partial charge in [0.05, 0.1) is 19.8 Å². The summed E-state index contributed by atoms with van der Waals surface area (Å²) in [7, 11) is 0. The zero-order chi connectivity index (χ0) is 24.7. The van der Waals surface area contributed by atoms with Gasteiger partial charge in [0.1, 0.15) is 0 Å². The molecule has 8 nitrogen and oxygen atoms in total. The third-order valence-corrected chi connectivity index (χ3v) is 4.79. The van der Waals surface area contributed by atoms with Gasteiger partial charge in [-0.1, -0.05) is 42.3 Å². The molecule has 0 bridgehead atoms. The first-order valence-electron chi connectivity index (χ1n) is 11.1. The Morgan fingerprint density at radius 3 is 2.06 bits per heavy atom. The summed E-state index contributed by atoms with van der Waals surface area (Å²) in [5, 5.41) is 11.6. The van der Waals surface area contributed by atoms with Gasteiger partial charge in [-0.15, -0.1) is 0 Å². The van der Waals surface area contributed by atoms with Crippen LogP contribution in [0.15, 0.2) is 30.3 Å². The molecule has 184 valence electrons. The number of benzene rings is 1. The third-order valence-electron chi connectivity index (χ3n) is 4.53. The lowest BCUT2D eigenvalue weighted by molar-refractivity contribution is -0.208. The van der Waals surface area contributed by atoms with Gasteiger partial charge in [0.25, 0.3) is 5.60 Å². The number of hydrogen-bond donors (Lipinski definition) is 1. The average Bonchev–Trinajstić information content (AvgIpc) is 2.79. The van der Waals surface area contributed by atoms with Gasteiger partial charge in [0, 0.05) is 11.6 Å². The van der Waals surface area contributed by atoms with Crippen LogP contribution in [-0.4, -0.2) is 61.1 Å². The Morgan fingerprint density at radius 1 is 0.939 bits per heavy atom. The van der Waals surface area contributed by atoms with Crippen LogP contribution >= 0.6 is 11.6 Å². The molecule has 0 aliphatic rings. The van der Waals surface area contributed by atoms with Crippen molar-refractivity contribution in [2.75, 3.05) is 26.4 Å². The van der Waals surface area contributed by atoms with E-state index in [0.717, 1.165) is 24.8 Å². The van der Waals surface area contributed by atoms with Gasteiger partial charge < -0.3 is 24.1 Å². The Bertz CT molecular complexity index is 757. The summed E-state index contributed by atoms with van der Waals surface area (Å²) >= 11 is 5.87. The van der Waals surface area contributed by atoms with Crippen LogP contribution in [0.1, 0.15) is 52.0 Å². The second kappa shape index (κ2) is 15.4. The predicted octanol–water partition coefficient (Wildman–Crippen LogP) is 3.72. The molecule has 0 amide bonds. The number of allylic oxidation sites excluding steroid dienone is 1. The SMILES string of the molecule is CCOC(=O)C(OCCCCCC=Cc1ccc(Cl)cc1)C(O)(C(=O)OCC)C(=O)OCC. The molecule has 0 fully saturated rings. The summed E-state index contributed by atoms with van der Waals surface area (Å²) in [5.41, 5.74) is -1.91. The van der Waals surface area contributed by atoms with Crippen molar-refractivity contribution in [1.82, 2.24) is 0 Å². The Hall–Kier alpha value is -2.42. The van der Waals surface area contributed by atoms with Crippen molar-refractivity contribution in [2.45, 2.75) is 58.2 Å². The summed E-state index contributed by atoms with van der Waals surface area (Å²) < 4.78 is 20.0. The largest absolute Gasteiger partial charge is 0.464 e. The highest BCUT2D eigenvalue weighted by atomic mass is 35.5.